The fourth-order valence-corrected chi connectivity index (χ4v) is 1.47. The van der Waals surface area contributed by atoms with Gasteiger partial charge in [-0.3, -0.25) is 9.59 Å². The molecule has 0 aliphatic carbocycles. The van der Waals surface area contributed by atoms with Gasteiger partial charge in [-0.15, -0.1) is 0 Å². The molecular formula is C10H6ClNO2. The monoisotopic (exact) mass is 207 g/mol. The molecule has 1 aromatic heterocycles. The SMILES string of the molecule is O=c1cc(Cl)c(=O)c2ccccc2[nH]1. The van der Waals surface area contributed by atoms with E-state index < -0.39 is 0 Å². The minimum absolute atomic E-state index is 0.0625. The van der Waals surface area contributed by atoms with Crippen LogP contribution in [-0.2, 0) is 0 Å². The Balaban J connectivity index is 3.16. The smallest absolute Gasteiger partial charge is 0.250 e. The van der Waals surface area contributed by atoms with Crippen molar-refractivity contribution in [3.05, 3.63) is 55.9 Å². The summed E-state index contributed by atoms with van der Waals surface area (Å²) in [5, 5.41) is 0.354. The van der Waals surface area contributed by atoms with Gasteiger partial charge >= 0.3 is 0 Å². The number of hydrogen-bond acceptors (Lipinski definition) is 2. The number of para-hydroxylation sites is 1. The molecule has 0 radical (unpaired) electrons. The van der Waals surface area contributed by atoms with Gasteiger partial charge in [0.2, 0.25) is 11.0 Å². The van der Waals surface area contributed by atoms with Crippen LogP contribution < -0.4 is 11.0 Å². The second-order valence-corrected chi connectivity index (χ2v) is 3.26. The average Bonchev–Trinajstić information content (AvgIpc) is 2.26. The lowest BCUT2D eigenvalue weighted by molar-refractivity contribution is 1.33. The molecule has 70 valence electrons. The van der Waals surface area contributed by atoms with Gasteiger partial charge in [0.15, 0.2) is 0 Å². The number of fused-ring (bicyclic) bond motifs is 1. The van der Waals surface area contributed by atoms with Crippen LogP contribution in [0.25, 0.3) is 10.9 Å². The first-order chi connectivity index (χ1) is 6.68. The molecule has 0 amide bonds. The summed E-state index contributed by atoms with van der Waals surface area (Å²) in [6, 6.07) is 7.84. The summed E-state index contributed by atoms with van der Waals surface area (Å²) in [6.45, 7) is 0. The normalized spacial score (nSPS) is 10.4. The number of nitrogens with one attached hydrogen (secondary N) is 1. The Morgan fingerprint density at radius 2 is 1.86 bits per heavy atom. The molecule has 2 rings (SSSR count). The highest BCUT2D eigenvalue weighted by molar-refractivity contribution is 6.30. The molecule has 14 heavy (non-hydrogen) atoms. The molecule has 1 aromatic carbocycles. The van der Waals surface area contributed by atoms with E-state index in [0.29, 0.717) is 10.9 Å². The molecule has 0 aliphatic rings. The summed E-state index contributed by atoms with van der Waals surface area (Å²) in [5.74, 6) is 0. The topological polar surface area (TPSA) is 49.9 Å². The fourth-order valence-electron chi connectivity index (χ4n) is 1.27. The molecule has 0 fully saturated rings. The van der Waals surface area contributed by atoms with E-state index in [1.807, 2.05) is 0 Å². The lowest BCUT2D eigenvalue weighted by atomic mass is 10.2. The summed E-state index contributed by atoms with van der Waals surface area (Å²) in [5.41, 5.74) is -0.219. The van der Waals surface area contributed by atoms with Crippen molar-refractivity contribution in [3.8, 4) is 0 Å². The van der Waals surface area contributed by atoms with Crippen LogP contribution in [0.15, 0.2) is 39.9 Å². The number of hydrogen-bond donors (Lipinski definition) is 1. The highest BCUT2D eigenvalue weighted by Gasteiger charge is 2.00. The van der Waals surface area contributed by atoms with E-state index in [-0.39, 0.29) is 16.0 Å². The van der Waals surface area contributed by atoms with E-state index >= 15 is 0 Å². The maximum absolute atomic E-state index is 11.6. The summed E-state index contributed by atoms with van der Waals surface area (Å²) in [6.07, 6.45) is 0. The van der Waals surface area contributed by atoms with Gasteiger partial charge in [-0.2, -0.15) is 0 Å². The quantitative estimate of drug-likeness (QED) is 0.713. The van der Waals surface area contributed by atoms with Crippen LogP contribution >= 0.6 is 11.6 Å². The largest absolute Gasteiger partial charge is 0.322 e. The number of aromatic nitrogens is 1. The van der Waals surface area contributed by atoms with Crippen molar-refractivity contribution in [2.75, 3.05) is 0 Å². The predicted molar refractivity (Wildman–Crippen MR) is 55.8 cm³/mol. The number of halogens is 1. The van der Waals surface area contributed by atoms with Crippen molar-refractivity contribution < 1.29 is 0 Å². The summed E-state index contributed by atoms with van der Waals surface area (Å²) in [4.78, 5) is 25.3. The average molecular weight is 208 g/mol. The molecule has 0 bridgehead atoms. The van der Waals surface area contributed by atoms with Crippen molar-refractivity contribution >= 4 is 22.5 Å². The van der Waals surface area contributed by atoms with Crippen LogP contribution in [0.1, 0.15) is 0 Å². The number of benzene rings is 1. The second-order valence-electron chi connectivity index (χ2n) is 2.86. The predicted octanol–water partition coefficient (Wildman–Crippen LogP) is 1.54. The maximum Gasteiger partial charge on any atom is 0.250 e. The Morgan fingerprint density at radius 3 is 2.64 bits per heavy atom. The Morgan fingerprint density at radius 1 is 1.14 bits per heavy atom. The Hall–Kier alpha value is -1.61. The first-order valence-electron chi connectivity index (χ1n) is 4.00. The molecular weight excluding hydrogens is 202 g/mol. The number of rotatable bonds is 0. The third-order valence-electron chi connectivity index (χ3n) is 1.90. The van der Waals surface area contributed by atoms with Crippen molar-refractivity contribution in [2.45, 2.75) is 0 Å². The highest BCUT2D eigenvalue weighted by atomic mass is 35.5. The molecule has 0 atom stereocenters. The minimum atomic E-state index is -0.381. The Labute approximate surface area is 84.0 Å². The van der Waals surface area contributed by atoms with Crippen molar-refractivity contribution in [2.24, 2.45) is 0 Å². The van der Waals surface area contributed by atoms with E-state index in [2.05, 4.69) is 4.98 Å². The third-order valence-corrected chi connectivity index (χ3v) is 2.19. The summed E-state index contributed by atoms with van der Waals surface area (Å²) in [7, 11) is 0. The lowest BCUT2D eigenvalue weighted by Gasteiger charge is -1.88. The zero-order valence-corrected chi connectivity index (χ0v) is 7.84. The zero-order chi connectivity index (χ0) is 10.1. The molecule has 2 aromatic rings. The van der Waals surface area contributed by atoms with E-state index in [4.69, 9.17) is 11.6 Å². The standard InChI is InChI=1S/C10H6ClNO2/c11-7-5-9(13)12-8-4-2-1-3-6(8)10(7)14/h1-5H,(H,12,13). The second kappa shape index (κ2) is 3.27. The zero-order valence-electron chi connectivity index (χ0n) is 7.08. The van der Waals surface area contributed by atoms with Gasteiger partial charge in [-0.25, -0.2) is 0 Å². The summed E-state index contributed by atoms with van der Waals surface area (Å²) < 4.78 is 0. The van der Waals surface area contributed by atoms with Crippen LogP contribution in [0.4, 0.5) is 0 Å². The molecule has 0 spiro atoms. The first kappa shape index (κ1) is 8.97. The van der Waals surface area contributed by atoms with Gasteiger partial charge in [0.25, 0.3) is 0 Å². The summed E-state index contributed by atoms with van der Waals surface area (Å²) >= 11 is 5.64. The van der Waals surface area contributed by atoms with Crippen LogP contribution in [0, 0.1) is 0 Å². The van der Waals surface area contributed by atoms with E-state index in [9.17, 15) is 9.59 Å². The van der Waals surface area contributed by atoms with Crippen LogP contribution in [0.2, 0.25) is 5.02 Å². The van der Waals surface area contributed by atoms with Gasteiger partial charge in [-0.1, -0.05) is 23.7 Å². The first-order valence-corrected chi connectivity index (χ1v) is 4.38. The van der Waals surface area contributed by atoms with Crippen LogP contribution in [0.3, 0.4) is 0 Å². The lowest BCUT2D eigenvalue weighted by Crippen LogP contribution is -1.99. The van der Waals surface area contributed by atoms with Crippen LogP contribution in [0.5, 0.6) is 0 Å². The van der Waals surface area contributed by atoms with Crippen molar-refractivity contribution in [1.82, 2.24) is 4.98 Å². The van der Waals surface area contributed by atoms with E-state index in [0.717, 1.165) is 6.07 Å². The van der Waals surface area contributed by atoms with Crippen molar-refractivity contribution in [3.63, 3.8) is 0 Å². The molecule has 3 nitrogen and oxygen atoms in total. The van der Waals surface area contributed by atoms with Gasteiger partial charge in [0, 0.05) is 11.5 Å². The third kappa shape index (κ3) is 1.42. The molecule has 1 heterocycles. The molecule has 0 aliphatic heterocycles. The minimum Gasteiger partial charge on any atom is -0.322 e. The molecule has 0 unspecified atom stereocenters. The van der Waals surface area contributed by atoms with Crippen LogP contribution in [-0.4, -0.2) is 4.98 Å². The van der Waals surface area contributed by atoms with Gasteiger partial charge in [0.05, 0.1) is 10.5 Å². The van der Waals surface area contributed by atoms with Gasteiger partial charge in [-0.05, 0) is 12.1 Å². The molecule has 1 N–H and O–H groups in total. The van der Waals surface area contributed by atoms with Gasteiger partial charge in [0.1, 0.15) is 0 Å². The maximum atomic E-state index is 11.6. The Kier molecular flexibility index (Phi) is 2.09. The van der Waals surface area contributed by atoms with E-state index in [1.54, 1.807) is 24.3 Å². The fraction of sp³-hybridized carbons (Fsp3) is 0. The molecule has 0 saturated carbocycles. The molecule has 4 heteroatoms. The Bertz CT molecular complexity index is 604. The number of aromatic amines is 1. The highest BCUT2D eigenvalue weighted by Crippen LogP contribution is 2.06. The number of H-pyrrole nitrogens is 1. The van der Waals surface area contributed by atoms with Gasteiger partial charge < -0.3 is 4.98 Å². The van der Waals surface area contributed by atoms with E-state index in [1.165, 1.54) is 0 Å². The van der Waals surface area contributed by atoms with Crippen molar-refractivity contribution in [1.29, 1.82) is 0 Å². The molecule has 0 saturated heterocycles.